The van der Waals surface area contributed by atoms with Gasteiger partial charge in [0, 0.05) is 11.1 Å². The summed E-state index contributed by atoms with van der Waals surface area (Å²) in [5.74, 6) is -0.319. The molecule has 7 heteroatoms. The average Bonchev–Trinajstić information content (AvgIpc) is 2.35. The lowest BCUT2D eigenvalue weighted by Crippen LogP contribution is -2.43. The summed E-state index contributed by atoms with van der Waals surface area (Å²) in [6.07, 6.45) is 2.89. The monoisotopic (exact) mass is 346 g/mol. The van der Waals surface area contributed by atoms with Gasteiger partial charge in [-0.05, 0) is 44.0 Å². The Morgan fingerprint density at radius 1 is 1.41 bits per heavy atom. The second-order valence-corrected chi connectivity index (χ2v) is 7.80. The third-order valence-corrected chi connectivity index (χ3v) is 4.61. The minimum Gasteiger partial charge on any atom is -0.352 e. The number of rotatable bonds is 7. The van der Waals surface area contributed by atoms with Crippen LogP contribution in [0.15, 0.2) is 18.2 Å². The summed E-state index contributed by atoms with van der Waals surface area (Å²) < 4.78 is 25.2. The van der Waals surface area contributed by atoms with E-state index in [0.717, 1.165) is 23.4 Å². The number of hydrogen-bond donors (Lipinski definition) is 1. The molecule has 0 unspecified atom stereocenters. The first-order valence-corrected chi connectivity index (χ1v) is 9.41. The third-order valence-electron chi connectivity index (χ3n) is 3.24. The van der Waals surface area contributed by atoms with Crippen molar-refractivity contribution in [2.24, 2.45) is 0 Å². The molecule has 0 aliphatic heterocycles. The molecule has 0 aromatic heterocycles. The first-order chi connectivity index (χ1) is 10.1. The maximum atomic E-state index is 12.1. The fourth-order valence-electron chi connectivity index (χ4n) is 2.24. The van der Waals surface area contributed by atoms with E-state index < -0.39 is 10.0 Å². The quantitative estimate of drug-likeness (QED) is 0.825. The molecule has 0 radical (unpaired) electrons. The molecular weight excluding hydrogens is 324 g/mol. The molecular formula is C15H23ClN2O3S. The Hall–Kier alpha value is -1.27. The summed E-state index contributed by atoms with van der Waals surface area (Å²) in [6.45, 7) is 5.45. The van der Waals surface area contributed by atoms with Crippen LogP contribution in [0.5, 0.6) is 0 Å². The van der Waals surface area contributed by atoms with Gasteiger partial charge in [0.1, 0.15) is 6.54 Å². The van der Waals surface area contributed by atoms with Gasteiger partial charge in [-0.2, -0.15) is 0 Å². The van der Waals surface area contributed by atoms with Gasteiger partial charge < -0.3 is 5.32 Å². The Kier molecular flexibility index (Phi) is 6.68. The van der Waals surface area contributed by atoms with E-state index in [9.17, 15) is 13.2 Å². The molecule has 1 rings (SSSR count). The molecule has 0 saturated heterocycles. The van der Waals surface area contributed by atoms with Crippen molar-refractivity contribution in [1.29, 1.82) is 0 Å². The van der Waals surface area contributed by atoms with Crippen molar-refractivity contribution in [3.8, 4) is 0 Å². The van der Waals surface area contributed by atoms with E-state index in [0.29, 0.717) is 16.3 Å². The SMILES string of the molecule is CCC[C@@H](C)NC(=O)CN(c1ccc(Cl)cc1C)S(C)(=O)=O. The van der Waals surface area contributed by atoms with Crippen molar-refractivity contribution in [2.75, 3.05) is 17.1 Å². The lowest BCUT2D eigenvalue weighted by atomic mass is 10.2. The van der Waals surface area contributed by atoms with Gasteiger partial charge in [-0.15, -0.1) is 0 Å². The molecule has 0 spiro atoms. The van der Waals surface area contributed by atoms with Crippen LogP contribution in [0.25, 0.3) is 0 Å². The minimum atomic E-state index is -3.57. The Labute approximate surface area is 137 Å². The number of amides is 1. The van der Waals surface area contributed by atoms with Crippen LogP contribution in [0.4, 0.5) is 5.69 Å². The number of carbonyl (C=O) groups is 1. The number of halogens is 1. The second-order valence-electron chi connectivity index (χ2n) is 5.46. The van der Waals surface area contributed by atoms with Crippen molar-refractivity contribution < 1.29 is 13.2 Å². The Balaban J connectivity index is 2.98. The van der Waals surface area contributed by atoms with Crippen molar-refractivity contribution in [1.82, 2.24) is 5.32 Å². The van der Waals surface area contributed by atoms with Crippen LogP contribution in [-0.4, -0.2) is 33.2 Å². The van der Waals surface area contributed by atoms with Gasteiger partial charge >= 0.3 is 0 Å². The van der Waals surface area contributed by atoms with Crippen molar-refractivity contribution in [2.45, 2.75) is 39.7 Å². The topological polar surface area (TPSA) is 66.5 Å². The average molecular weight is 347 g/mol. The van der Waals surface area contributed by atoms with E-state index in [4.69, 9.17) is 11.6 Å². The highest BCUT2D eigenvalue weighted by atomic mass is 35.5. The molecule has 0 aliphatic carbocycles. The zero-order chi connectivity index (χ0) is 16.9. The van der Waals surface area contributed by atoms with E-state index in [1.54, 1.807) is 25.1 Å². The zero-order valence-corrected chi connectivity index (χ0v) is 15.0. The van der Waals surface area contributed by atoms with Crippen LogP contribution in [0.1, 0.15) is 32.3 Å². The third kappa shape index (κ3) is 5.50. The van der Waals surface area contributed by atoms with Crippen LogP contribution in [0, 0.1) is 6.92 Å². The Morgan fingerprint density at radius 3 is 2.55 bits per heavy atom. The summed E-state index contributed by atoms with van der Waals surface area (Å²) in [4.78, 5) is 12.1. The summed E-state index contributed by atoms with van der Waals surface area (Å²) in [5, 5.41) is 3.34. The highest BCUT2D eigenvalue weighted by molar-refractivity contribution is 7.92. The molecule has 0 saturated carbocycles. The standard InChI is InChI=1S/C15H23ClN2O3S/c1-5-6-12(3)17-15(19)10-18(22(4,20)21)14-8-7-13(16)9-11(14)2/h7-9,12H,5-6,10H2,1-4H3,(H,17,19)/t12-/m1/s1. The summed E-state index contributed by atoms with van der Waals surface area (Å²) in [5.41, 5.74) is 1.16. The van der Waals surface area contributed by atoms with Gasteiger partial charge in [0.15, 0.2) is 0 Å². The predicted octanol–water partition coefficient (Wildman–Crippen LogP) is 2.72. The molecule has 1 aromatic carbocycles. The number of benzene rings is 1. The molecule has 1 amide bonds. The molecule has 22 heavy (non-hydrogen) atoms. The number of sulfonamides is 1. The van der Waals surface area contributed by atoms with Gasteiger partial charge in [-0.3, -0.25) is 9.10 Å². The van der Waals surface area contributed by atoms with Gasteiger partial charge in [0.2, 0.25) is 15.9 Å². The molecule has 0 heterocycles. The maximum absolute atomic E-state index is 12.1. The van der Waals surface area contributed by atoms with Gasteiger partial charge in [-0.25, -0.2) is 8.42 Å². The Bertz CT molecular complexity index is 632. The zero-order valence-electron chi connectivity index (χ0n) is 13.4. The van der Waals surface area contributed by atoms with Crippen LogP contribution in [0.3, 0.4) is 0 Å². The molecule has 1 N–H and O–H groups in total. The van der Waals surface area contributed by atoms with E-state index in [-0.39, 0.29) is 18.5 Å². The summed E-state index contributed by atoms with van der Waals surface area (Å²) in [7, 11) is -3.57. The molecule has 5 nitrogen and oxygen atoms in total. The molecule has 0 aliphatic rings. The Morgan fingerprint density at radius 2 is 2.05 bits per heavy atom. The van der Waals surface area contributed by atoms with E-state index in [1.165, 1.54) is 0 Å². The highest BCUT2D eigenvalue weighted by Crippen LogP contribution is 2.25. The number of carbonyl (C=O) groups excluding carboxylic acids is 1. The number of nitrogens with one attached hydrogen (secondary N) is 1. The lowest BCUT2D eigenvalue weighted by Gasteiger charge is -2.24. The number of nitrogens with zero attached hydrogens (tertiary/aromatic N) is 1. The van der Waals surface area contributed by atoms with Gasteiger partial charge in [-0.1, -0.05) is 24.9 Å². The van der Waals surface area contributed by atoms with E-state index in [2.05, 4.69) is 5.32 Å². The molecule has 124 valence electrons. The van der Waals surface area contributed by atoms with E-state index >= 15 is 0 Å². The minimum absolute atomic E-state index is 0.0187. The maximum Gasteiger partial charge on any atom is 0.240 e. The normalized spacial score (nSPS) is 12.8. The highest BCUT2D eigenvalue weighted by Gasteiger charge is 2.22. The fraction of sp³-hybridized carbons (Fsp3) is 0.533. The van der Waals surface area contributed by atoms with Gasteiger partial charge in [0.05, 0.1) is 11.9 Å². The first kappa shape index (κ1) is 18.8. The van der Waals surface area contributed by atoms with Crippen LogP contribution in [-0.2, 0) is 14.8 Å². The van der Waals surface area contributed by atoms with E-state index in [1.807, 2.05) is 13.8 Å². The van der Waals surface area contributed by atoms with Crippen molar-refractivity contribution in [3.63, 3.8) is 0 Å². The molecule has 0 bridgehead atoms. The molecule has 1 atom stereocenters. The van der Waals surface area contributed by atoms with Crippen LogP contribution >= 0.6 is 11.6 Å². The lowest BCUT2D eigenvalue weighted by molar-refractivity contribution is -0.120. The van der Waals surface area contributed by atoms with Crippen LogP contribution in [0.2, 0.25) is 5.02 Å². The summed E-state index contributed by atoms with van der Waals surface area (Å²) in [6, 6.07) is 4.92. The number of anilines is 1. The predicted molar refractivity (Wildman–Crippen MR) is 90.9 cm³/mol. The van der Waals surface area contributed by atoms with Crippen molar-refractivity contribution >= 4 is 33.2 Å². The second kappa shape index (κ2) is 7.83. The first-order valence-electron chi connectivity index (χ1n) is 7.18. The van der Waals surface area contributed by atoms with Crippen LogP contribution < -0.4 is 9.62 Å². The van der Waals surface area contributed by atoms with Crippen molar-refractivity contribution in [3.05, 3.63) is 28.8 Å². The molecule has 0 fully saturated rings. The largest absolute Gasteiger partial charge is 0.352 e. The van der Waals surface area contributed by atoms with Gasteiger partial charge in [0.25, 0.3) is 0 Å². The smallest absolute Gasteiger partial charge is 0.240 e. The molecule has 1 aromatic rings. The number of hydrogen-bond acceptors (Lipinski definition) is 3. The number of aryl methyl sites for hydroxylation is 1. The fourth-order valence-corrected chi connectivity index (χ4v) is 3.38. The summed E-state index contributed by atoms with van der Waals surface area (Å²) >= 11 is 5.90.